The summed E-state index contributed by atoms with van der Waals surface area (Å²) in [7, 11) is 1.79. The molecule has 0 aliphatic rings. The maximum atomic E-state index is 5.29. The topological polar surface area (TPSA) is 21.3 Å². The first-order valence-corrected chi connectivity index (χ1v) is 6.61. The fourth-order valence-corrected chi connectivity index (χ4v) is 1.76. The van der Waals surface area contributed by atoms with Gasteiger partial charge < -0.3 is 10.1 Å². The van der Waals surface area contributed by atoms with Crippen LogP contribution in [0.5, 0.6) is 0 Å². The largest absolute Gasteiger partial charge is 0.382 e. The molecular weight excluding hydrogens is 198 g/mol. The number of hydrogen-bond donors (Lipinski definition) is 1. The molecule has 0 saturated heterocycles. The zero-order chi connectivity index (χ0) is 12.2. The molecule has 16 heavy (non-hydrogen) atoms. The average molecular weight is 227 g/mol. The van der Waals surface area contributed by atoms with Crippen molar-refractivity contribution in [2.75, 3.05) is 13.7 Å². The van der Waals surface area contributed by atoms with Gasteiger partial charge in [-0.25, -0.2) is 0 Å². The lowest BCUT2D eigenvalue weighted by molar-refractivity contribution is 0.105. The van der Waals surface area contributed by atoms with Crippen LogP contribution in [0.25, 0.3) is 0 Å². The summed E-state index contributed by atoms with van der Waals surface area (Å²) in [6, 6.07) is 0.650. The number of hydrogen-bond acceptors (Lipinski definition) is 2. The normalized spacial score (nSPS) is 14.7. The standard InChI is InChI=1S/C14H29NO/c1-5-7-8-9-14(15-12-6-2)11-10-13(3)16-4/h5,13-15H,1,6-12H2,2-4H3. The molecule has 0 aliphatic carbocycles. The van der Waals surface area contributed by atoms with Crippen molar-refractivity contribution in [2.45, 2.75) is 64.5 Å². The first-order valence-electron chi connectivity index (χ1n) is 6.61. The van der Waals surface area contributed by atoms with Gasteiger partial charge in [0.25, 0.3) is 0 Å². The minimum absolute atomic E-state index is 0.380. The second kappa shape index (κ2) is 11.2. The fourth-order valence-electron chi connectivity index (χ4n) is 1.76. The van der Waals surface area contributed by atoms with E-state index in [4.69, 9.17) is 4.74 Å². The van der Waals surface area contributed by atoms with Crippen LogP contribution in [-0.2, 0) is 4.74 Å². The molecule has 0 amide bonds. The summed E-state index contributed by atoms with van der Waals surface area (Å²) < 4.78 is 5.29. The third-order valence-corrected chi connectivity index (χ3v) is 2.97. The molecule has 0 heterocycles. The Morgan fingerprint density at radius 2 is 2.06 bits per heavy atom. The smallest absolute Gasteiger partial charge is 0.0543 e. The van der Waals surface area contributed by atoms with Crippen LogP contribution in [0.4, 0.5) is 0 Å². The number of ether oxygens (including phenoxy) is 1. The van der Waals surface area contributed by atoms with Gasteiger partial charge in [-0.1, -0.05) is 13.0 Å². The van der Waals surface area contributed by atoms with E-state index in [9.17, 15) is 0 Å². The van der Waals surface area contributed by atoms with E-state index in [2.05, 4.69) is 25.7 Å². The van der Waals surface area contributed by atoms with Gasteiger partial charge in [0.15, 0.2) is 0 Å². The van der Waals surface area contributed by atoms with Crippen molar-refractivity contribution in [3.63, 3.8) is 0 Å². The zero-order valence-electron chi connectivity index (χ0n) is 11.3. The predicted octanol–water partition coefficient (Wildman–Crippen LogP) is 3.53. The average Bonchev–Trinajstić information content (AvgIpc) is 2.31. The van der Waals surface area contributed by atoms with Gasteiger partial charge in [-0.3, -0.25) is 0 Å². The Morgan fingerprint density at radius 3 is 2.62 bits per heavy atom. The van der Waals surface area contributed by atoms with Crippen molar-refractivity contribution in [2.24, 2.45) is 0 Å². The third kappa shape index (κ3) is 8.93. The fraction of sp³-hybridized carbons (Fsp3) is 0.857. The molecule has 0 rings (SSSR count). The summed E-state index contributed by atoms with van der Waals surface area (Å²) in [5.74, 6) is 0. The molecule has 0 bridgehead atoms. The van der Waals surface area contributed by atoms with E-state index < -0.39 is 0 Å². The van der Waals surface area contributed by atoms with Crippen molar-refractivity contribution in [1.82, 2.24) is 5.32 Å². The second-order valence-corrected chi connectivity index (χ2v) is 4.49. The van der Waals surface area contributed by atoms with Gasteiger partial charge in [0, 0.05) is 13.2 Å². The highest BCUT2D eigenvalue weighted by molar-refractivity contribution is 4.72. The highest BCUT2D eigenvalue weighted by Crippen LogP contribution is 2.10. The minimum Gasteiger partial charge on any atom is -0.382 e. The summed E-state index contributed by atoms with van der Waals surface area (Å²) in [6.45, 7) is 9.25. The number of methoxy groups -OCH3 is 1. The van der Waals surface area contributed by atoms with Crippen molar-refractivity contribution in [3.05, 3.63) is 12.7 Å². The summed E-state index contributed by atoms with van der Waals surface area (Å²) in [6.07, 6.45) is 9.58. The van der Waals surface area contributed by atoms with Crippen LogP contribution in [-0.4, -0.2) is 25.8 Å². The molecule has 1 N–H and O–H groups in total. The molecule has 2 nitrogen and oxygen atoms in total. The molecule has 2 atom stereocenters. The molecule has 0 aromatic heterocycles. The third-order valence-electron chi connectivity index (χ3n) is 2.97. The zero-order valence-corrected chi connectivity index (χ0v) is 11.3. The Hall–Kier alpha value is -0.340. The Morgan fingerprint density at radius 1 is 1.31 bits per heavy atom. The first-order chi connectivity index (χ1) is 7.74. The summed E-state index contributed by atoms with van der Waals surface area (Å²) in [5.41, 5.74) is 0. The van der Waals surface area contributed by atoms with Crippen LogP contribution in [0.3, 0.4) is 0 Å². The molecule has 0 fully saturated rings. The number of rotatable bonds is 11. The first kappa shape index (κ1) is 15.7. The highest BCUT2D eigenvalue weighted by Gasteiger charge is 2.09. The Labute approximate surface area is 101 Å². The van der Waals surface area contributed by atoms with Crippen molar-refractivity contribution in [3.8, 4) is 0 Å². The monoisotopic (exact) mass is 227 g/mol. The van der Waals surface area contributed by atoms with Crippen molar-refractivity contribution < 1.29 is 4.74 Å². The maximum absolute atomic E-state index is 5.29. The molecule has 2 unspecified atom stereocenters. The van der Waals surface area contributed by atoms with Crippen LogP contribution >= 0.6 is 0 Å². The SMILES string of the molecule is C=CCCCC(CCC(C)OC)NCCC. The molecule has 0 spiro atoms. The van der Waals surface area contributed by atoms with E-state index in [1.165, 1.54) is 25.7 Å². The quantitative estimate of drug-likeness (QED) is 0.431. The van der Waals surface area contributed by atoms with Crippen LogP contribution in [0.1, 0.15) is 52.4 Å². The molecular formula is C14H29NO. The van der Waals surface area contributed by atoms with E-state index in [-0.39, 0.29) is 0 Å². The van der Waals surface area contributed by atoms with Crippen LogP contribution < -0.4 is 5.32 Å². The lowest BCUT2D eigenvalue weighted by atomic mass is 10.0. The second-order valence-electron chi connectivity index (χ2n) is 4.49. The van der Waals surface area contributed by atoms with Gasteiger partial charge in [0.2, 0.25) is 0 Å². The lowest BCUT2D eigenvalue weighted by Gasteiger charge is -2.20. The van der Waals surface area contributed by atoms with E-state index in [1.54, 1.807) is 7.11 Å². The summed E-state index contributed by atoms with van der Waals surface area (Å²) in [4.78, 5) is 0. The van der Waals surface area contributed by atoms with Gasteiger partial charge in [0.1, 0.15) is 0 Å². The summed E-state index contributed by atoms with van der Waals surface area (Å²) in [5, 5.41) is 3.62. The molecule has 96 valence electrons. The van der Waals surface area contributed by atoms with Crippen LogP contribution in [0, 0.1) is 0 Å². The van der Waals surface area contributed by atoms with Gasteiger partial charge in [-0.15, -0.1) is 6.58 Å². The van der Waals surface area contributed by atoms with Crippen molar-refractivity contribution in [1.29, 1.82) is 0 Å². The minimum atomic E-state index is 0.380. The van der Waals surface area contributed by atoms with Crippen molar-refractivity contribution >= 4 is 0 Å². The van der Waals surface area contributed by atoms with E-state index >= 15 is 0 Å². The van der Waals surface area contributed by atoms with Gasteiger partial charge >= 0.3 is 0 Å². The summed E-state index contributed by atoms with van der Waals surface area (Å²) >= 11 is 0. The predicted molar refractivity (Wildman–Crippen MR) is 71.8 cm³/mol. The number of unbranched alkanes of at least 4 members (excludes halogenated alkanes) is 1. The van der Waals surface area contributed by atoms with Gasteiger partial charge in [-0.2, -0.15) is 0 Å². The van der Waals surface area contributed by atoms with E-state index in [0.29, 0.717) is 12.1 Å². The number of nitrogens with one attached hydrogen (secondary N) is 1. The molecule has 0 radical (unpaired) electrons. The molecule has 0 aromatic rings. The van der Waals surface area contributed by atoms with E-state index in [0.717, 1.165) is 19.4 Å². The van der Waals surface area contributed by atoms with Gasteiger partial charge in [0.05, 0.1) is 6.10 Å². The lowest BCUT2D eigenvalue weighted by Crippen LogP contribution is -2.30. The molecule has 0 aliphatic heterocycles. The number of allylic oxidation sites excluding steroid dienone is 1. The van der Waals surface area contributed by atoms with E-state index in [1.807, 2.05) is 6.08 Å². The molecule has 0 aromatic carbocycles. The Bertz CT molecular complexity index is 159. The molecule has 2 heteroatoms. The van der Waals surface area contributed by atoms with Crippen LogP contribution in [0.2, 0.25) is 0 Å². The van der Waals surface area contributed by atoms with Gasteiger partial charge in [-0.05, 0) is 52.0 Å². The van der Waals surface area contributed by atoms with Crippen LogP contribution in [0.15, 0.2) is 12.7 Å². The Balaban J connectivity index is 3.74. The Kier molecular flexibility index (Phi) is 10.9. The maximum Gasteiger partial charge on any atom is 0.0543 e. The molecule has 0 saturated carbocycles. The highest BCUT2D eigenvalue weighted by atomic mass is 16.5.